The van der Waals surface area contributed by atoms with Gasteiger partial charge in [-0.25, -0.2) is 4.98 Å². The number of nitrogens with zero attached hydrogens (tertiary/aromatic N) is 2. The summed E-state index contributed by atoms with van der Waals surface area (Å²) in [5, 5.41) is 2.13. The van der Waals surface area contributed by atoms with Gasteiger partial charge in [-0.3, -0.25) is 4.98 Å². The highest BCUT2D eigenvalue weighted by Crippen LogP contribution is 2.33. The maximum Gasteiger partial charge on any atom is 0.227 e. The van der Waals surface area contributed by atoms with Crippen LogP contribution in [0.1, 0.15) is 31.2 Å². The Morgan fingerprint density at radius 1 is 0.774 bits per heavy atom. The van der Waals surface area contributed by atoms with Crippen LogP contribution in [-0.2, 0) is 6.42 Å². The molecule has 0 amide bonds. The minimum atomic E-state index is 0.677. The molecule has 0 radical (unpaired) electrons. The van der Waals surface area contributed by atoms with Gasteiger partial charge >= 0.3 is 0 Å². The van der Waals surface area contributed by atoms with Gasteiger partial charge in [-0.05, 0) is 60.4 Å². The Morgan fingerprint density at radius 3 is 2.52 bits per heavy atom. The molecular formula is C28H24N2O. The molecule has 1 aliphatic rings. The zero-order valence-electron chi connectivity index (χ0n) is 17.4. The summed E-state index contributed by atoms with van der Waals surface area (Å²) >= 11 is 0. The topological polar surface area (TPSA) is 38.9 Å². The third kappa shape index (κ3) is 3.50. The van der Waals surface area contributed by atoms with E-state index in [1.54, 1.807) is 0 Å². The molecule has 0 unspecified atom stereocenters. The number of fused-ring (bicyclic) bond motifs is 3. The van der Waals surface area contributed by atoms with Crippen LogP contribution in [0.2, 0.25) is 0 Å². The number of furan rings is 1. The fourth-order valence-electron chi connectivity index (χ4n) is 4.89. The van der Waals surface area contributed by atoms with Crippen LogP contribution in [0.25, 0.3) is 44.6 Å². The van der Waals surface area contributed by atoms with Gasteiger partial charge in [0.2, 0.25) is 5.71 Å². The Balaban J connectivity index is 1.38. The second-order valence-electron chi connectivity index (χ2n) is 8.63. The van der Waals surface area contributed by atoms with Gasteiger partial charge in [0, 0.05) is 28.1 Å². The summed E-state index contributed by atoms with van der Waals surface area (Å²) in [7, 11) is 0. The van der Waals surface area contributed by atoms with E-state index in [1.807, 2.05) is 30.5 Å². The largest absolute Gasteiger partial charge is 0.438 e. The number of hydrogen-bond acceptors (Lipinski definition) is 3. The number of aromatic nitrogens is 2. The van der Waals surface area contributed by atoms with Crippen LogP contribution in [0.3, 0.4) is 0 Å². The van der Waals surface area contributed by atoms with Crippen LogP contribution in [0.15, 0.2) is 83.4 Å². The molecule has 3 heterocycles. The van der Waals surface area contributed by atoms with Gasteiger partial charge in [0.15, 0.2) is 0 Å². The van der Waals surface area contributed by atoms with Crippen molar-refractivity contribution < 1.29 is 4.42 Å². The first-order chi connectivity index (χ1) is 15.3. The average Bonchev–Trinajstić information content (AvgIpc) is 3.46. The van der Waals surface area contributed by atoms with Gasteiger partial charge in [-0.1, -0.05) is 56.0 Å². The second-order valence-corrected chi connectivity index (χ2v) is 8.63. The zero-order chi connectivity index (χ0) is 20.6. The lowest BCUT2D eigenvalue weighted by atomic mass is 9.97. The van der Waals surface area contributed by atoms with Gasteiger partial charge in [0.05, 0.1) is 11.4 Å². The van der Waals surface area contributed by atoms with E-state index in [0.717, 1.165) is 44.8 Å². The van der Waals surface area contributed by atoms with E-state index in [4.69, 9.17) is 9.40 Å². The van der Waals surface area contributed by atoms with Crippen LogP contribution in [-0.4, -0.2) is 9.97 Å². The first kappa shape index (κ1) is 18.3. The van der Waals surface area contributed by atoms with Crippen molar-refractivity contribution in [2.75, 3.05) is 0 Å². The Hall–Kier alpha value is -3.46. The van der Waals surface area contributed by atoms with E-state index in [1.165, 1.54) is 37.7 Å². The summed E-state index contributed by atoms with van der Waals surface area (Å²) in [6.45, 7) is 0. The van der Waals surface area contributed by atoms with Crippen molar-refractivity contribution in [2.45, 2.75) is 32.1 Å². The molecule has 0 N–H and O–H groups in total. The molecule has 152 valence electrons. The van der Waals surface area contributed by atoms with Crippen molar-refractivity contribution in [3.63, 3.8) is 0 Å². The predicted octanol–water partition coefficient (Wildman–Crippen LogP) is 7.44. The SMILES string of the molecule is c1ccc(-c2ccc3c(n2)oc2ccc(-c4cc(CC5CCCC5)ccn4)cc23)cc1. The molecule has 3 nitrogen and oxygen atoms in total. The van der Waals surface area contributed by atoms with Crippen molar-refractivity contribution in [3.8, 4) is 22.5 Å². The van der Waals surface area contributed by atoms with E-state index >= 15 is 0 Å². The smallest absolute Gasteiger partial charge is 0.227 e. The summed E-state index contributed by atoms with van der Waals surface area (Å²) in [5.41, 5.74) is 7.09. The Kier molecular flexibility index (Phi) is 4.53. The third-order valence-electron chi connectivity index (χ3n) is 6.53. The van der Waals surface area contributed by atoms with Crippen molar-refractivity contribution >= 4 is 22.1 Å². The molecule has 0 spiro atoms. The molecule has 2 aromatic carbocycles. The standard InChI is InChI=1S/C28H24N2O/c1-2-8-21(9-3-1)25-12-11-23-24-18-22(10-13-27(24)31-28(23)30-25)26-17-20(14-15-29-26)16-19-6-4-5-7-19/h1-3,8-15,17-19H,4-7,16H2. The van der Waals surface area contributed by atoms with Gasteiger partial charge in [0.25, 0.3) is 0 Å². The molecule has 5 aromatic rings. The summed E-state index contributed by atoms with van der Waals surface area (Å²) in [5.74, 6) is 0.834. The molecule has 0 atom stereocenters. The third-order valence-corrected chi connectivity index (χ3v) is 6.53. The lowest BCUT2D eigenvalue weighted by Gasteiger charge is -2.10. The quantitative estimate of drug-likeness (QED) is 0.312. The van der Waals surface area contributed by atoms with Gasteiger partial charge < -0.3 is 4.42 Å². The van der Waals surface area contributed by atoms with E-state index in [9.17, 15) is 0 Å². The van der Waals surface area contributed by atoms with Crippen molar-refractivity contribution in [1.82, 2.24) is 9.97 Å². The maximum absolute atomic E-state index is 6.09. The molecule has 1 fully saturated rings. The van der Waals surface area contributed by atoms with Crippen LogP contribution >= 0.6 is 0 Å². The summed E-state index contributed by atoms with van der Waals surface area (Å²) in [4.78, 5) is 9.44. The Labute approximate surface area is 181 Å². The van der Waals surface area contributed by atoms with Gasteiger partial charge in [-0.15, -0.1) is 0 Å². The molecule has 31 heavy (non-hydrogen) atoms. The highest BCUT2D eigenvalue weighted by molar-refractivity contribution is 6.05. The summed E-state index contributed by atoms with van der Waals surface area (Å²) < 4.78 is 6.09. The van der Waals surface area contributed by atoms with Crippen molar-refractivity contribution in [1.29, 1.82) is 0 Å². The Morgan fingerprint density at radius 2 is 1.65 bits per heavy atom. The number of rotatable bonds is 4. The second kappa shape index (κ2) is 7.66. The van der Waals surface area contributed by atoms with Crippen LogP contribution in [0, 0.1) is 5.92 Å². The molecule has 6 rings (SSSR count). The van der Waals surface area contributed by atoms with E-state index < -0.39 is 0 Å². The van der Waals surface area contributed by atoms with Crippen LogP contribution in [0.4, 0.5) is 0 Å². The molecule has 1 aliphatic carbocycles. The van der Waals surface area contributed by atoms with Gasteiger partial charge in [-0.2, -0.15) is 0 Å². The lowest BCUT2D eigenvalue weighted by molar-refractivity contribution is 0.546. The summed E-state index contributed by atoms with van der Waals surface area (Å²) in [6, 6.07) is 25.1. The number of benzene rings is 2. The van der Waals surface area contributed by atoms with Crippen molar-refractivity contribution in [2.24, 2.45) is 5.92 Å². The minimum Gasteiger partial charge on any atom is -0.438 e. The lowest BCUT2D eigenvalue weighted by Crippen LogP contribution is -1.99. The molecule has 1 saturated carbocycles. The highest BCUT2D eigenvalue weighted by atomic mass is 16.3. The molecular weight excluding hydrogens is 380 g/mol. The molecule has 3 heteroatoms. The maximum atomic E-state index is 6.09. The fraction of sp³-hybridized carbons (Fsp3) is 0.214. The first-order valence-electron chi connectivity index (χ1n) is 11.2. The zero-order valence-corrected chi connectivity index (χ0v) is 17.4. The van der Waals surface area contributed by atoms with Gasteiger partial charge in [0.1, 0.15) is 5.58 Å². The van der Waals surface area contributed by atoms with E-state index in [-0.39, 0.29) is 0 Å². The minimum absolute atomic E-state index is 0.677. The Bertz CT molecular complexity index is 1360. The fourth-order valence-corrected chi connectivity index (χ4v) is 4.89. The number of pyridine rings is 2. The predicted molar refractivity (Wildman–Crippen MR) is 126 cm³/mol. The highest BCUT2D eigenvalue weighted by Gasteiger charge is 2.16. The molecule has 0 aliphatic heterocycles. The monoisotopic (exact) mass is 404 g/mol. The molecule has 0 bridgehead atoms. The molecule has 3 aromatic heterocycles. The number of hydrogen-bond donors (Lipinski definition) is 0. The average molecular weight is 405 g/mol. The molecule has 0 saturated heterocycles. The summed E-state index contributed by atoms with van der Waals surface area (Å²) in [6.07, 6.45) is 8.61. The van der Waals surface area contributed by atoms with Crippen molar-refractivity contribution in [3.05, 3.63) is 84.6 Å². The first-order valence-corrected chi connectivity index (χ1v) is 11.2. The van der Waals surface area contributed by atoms with E-state index in [2.05, 4.69) is 53.5 Å². The van der Waals surface area contributed by atoms with Crippen LogP contribution < -0.4 is 0 Å². The van der Waals surface area contributed by atoms with E-state index in [0.29, 0.717) is 5.71 Å². The van der Waals surface area contributed by atoms with Crippen LogP contribution in [0.5, 0.6) is 0 Å². The normalized spacial score (nSPS) is 14.6.